The Morgan fingerprint density at radius 1 is 1.33 bits per heavy atom. The zero-order valence-corrected chi connectivity index (χ0v) is 13.1. The van der Waals surface area contributed by atoms with Gasteiger partial charge < -0.3 is 10.1 Å². The topological polar surface area (TPSA) is 58.6 Å². The Kier molecular flexibility index (Phi) is 5.45. The van der Waals surface area contributed by atoms with E-state index in [4.69, 9.17) is 27.9 Å². The number of amides is 1. The Balaban J connectivity index is 2.31. The minimum atomic E-state index is -0.600. The van der Waals surface area contributed by atoms with Crippen molar-refractivity contribution in [3.05, 3.63) is 33.8 Å². The third-order valence-corrected chi connectivity index (χ3v) is 4.14. The second-order valence-corrected chi connectivity index (χ2v) is 5.55. The molecule has 1 amide bonds. The molecule has 114 valence electrons. The van der Waals surface area contributed by atoms with Gasteiger partial charge in [0.1, 0.15) is 6.04 Å². The van der Waals surface area contributed by atoms with Crippen LogP contribution in [0.2, 0.25) is 10.0 Å². The van der Waals surface area contributed by atoms with Gasteiger partial charge in [-0.2, -0.15) is 0 Å². The lowest BCUT2D eigenvalue weighted by Crippen LogP contribution is -2.37. The highest BCUT2D eigenvalue weighted by Crippen LogP contribution is 2.29. The summed E-state index contributed by atoms with van der Waals surface area (Å²) in [6, 6.07) is 4.45. The van der Waals surface area contributed by atoms with Gasteiger partial charge in [0, 0.05) is 26.1 Å². The Bertz CT molecular complexity index is 551. The summed E-state index contributed by atoms with van der Waals surface area (Å²) in [4.78, 5) is 25.5. The Morgan fingerprint density at radius 3 is 2.76 bits per heavy atom. The van der Waals surface area contributed by atoms with Crippen LogP contribution in [-0.4, -0.2) is 43.5 Å². The maximum atomic E-state index is 12.2. The number of hydrogen-bond acceptors (Lipinski definition) is 4. The van der Waals surface area contributed by atoms with Crippen molar-refractivity contribution in [3.63, 3.8) is 0 Å². The highest BCUT2D eigenvalue weighted by Gasteiger charge is 2.30. The van der Waals surface area contributed by atoms with Crippen LogP contribution in [-0.2, 0) is 14.3 Å². The van der Waals surface area contributed by atoms with Crippen molar-refractivity contribution in [2.75, 3.05) is 26.7 Å². The van der Waals surface area contributed by atoms with Gasteiger partial charge in [-0.15, -0.1) is 0 Å². The molecule has 0 aliphatic carbocycles. The van der Waals surface area contributed by atoms with Crippen molar-refractivity contribution in [2.24, 2.45) is 0 Å². The highest BCUT2D eigenvalue weighted by atomic mass is 35.5. The molecule has 1 aliphatic heterocycles. The molecule has 1 heterocycles. The van der Waals surface area contributed by atoms with Crippen LogP contribution in [0.3, 0.4) is 0 Å². The first-order chi connectivity index (χ1) is 10.0. The molecule has 5 nitrogen and oxygen atoms in total. The van der Waals surface area contributed by atoms with Crippen LogP contribution in [0.15, 0.2) is 18.2 Å². The van der Waals surface area contributed by atoms with Crippen LogP contribution < -0.4 is 5.32 Å². The fourth-order valence-electron chi connectivity index (χ4n) is 2.33. The number of halogens is 2. The third-order valence-electron chi connectivity index (χ3n) is 3.40. The van der Waals surface area contributed by atoms with E-state index in [0.29, 0.717) is 41.7 Å². The standard InChI is InChI=1S/C14H16Cl2N2O3/c1-21-14(20)13(9-2-3-10(15)11(16)8-9)18-6-4-12(19)17-5-7-18/h2-3,8,13H,4-7H2,1H3,(H,17,19)/t13-/m0/s1. The normalized spacial score (nSPS) is 17.8. The summed E-state index contributed by atoms with van der Waals surface area (Å²) in [5.41, 5.74) is 0.700. The van der Waals surface area contributed by atoms with E-state index in [1.54, 1.807) is 18.2 Å². The monoisotopic (exact) mass is 330 g/mol. The number of ether oxygens (including phenoxy) is 1. The number of hydrogen-bond donors (Lipinski definition) is 1. The first-order valence-corrected chi connectivity index (χ1v) is 7.32. The van der Waals surface area contributed by atoms with Gasteiger partial charge >= 0.3 is 5.97 Å². The number of carbonyl (C=O) groups is 2. The van der Waals surface area contributed by atoms with E-state index < -0.39 is 6.04 Å². The van der Waals surface area contributed by atoms with Crippen molar-refractivity contribution >= 4 is 35.1 Å². The smallest absolute Gasteiger partial charge is 0.327 e. The summed E-state index contributed by atoms with van der Waals surface area (Å²) in [5, 5.41) is 3.59. The Labute approximate surface area is 133 Å². The molecule has 0 unspecified atom stereocenters. The molecule has 0 radical (unpaired) electrons. The molecule has 0 bridgehead atoms. The number of carbonyl (C=O) groups excluding carboxylic acids is 2. The molecule has 21 heavy (non-hydrogen) atoms. The van der Waals surface area contributed by atoms with Gasteiger partial charge in [-0.25, -0.2) is 4.79 Å². The molecule has 0 saturated carbocycles. The second-order valence-electron chi connectivity index (χ2n) is 4.74. The molecule has 1 N–H and O–H groups in total. The quantitative estimate of drug-likeness (QED) is 0.861. The average Bonchev–Trinajstić information content (AvgIpc) is 2.68. The maximum absolute atomic E-state index is 12.2. The molecular weight excluding hydrogens is 315 g/mol. The van der Waals surface area contributed by atoms with Crippen LogP contribution in [0.5, 0.6) is 0 Å². The fourth-order valence-corrected chi connectivity index (χ4v) is 2.64. The largest absolute Gasteiger partial charge is 0.468 e. The van der Waals surface area contributed by atoms with Gasteiger partial charge in [0.05, 0.1) is 17.2 Å². The Morgan fingerprint density at radius 2 is 2.10 bits per heavy atom. The average molecular weight is 331 g/mol. The molecule has 0 aromatic heterocycles. The third kappa shape index (κ3) is 3.87. The molecule has 0 spiro atoms. The van der Waals surface area contributed by atoms with Gasteiger partial charge in [0.2, 0.25) is 5.91 Å². The predicted molar refractivity (Wildman–Crippen MR) is 80.4 cm³/mol. The first-order valence-electron chi connectivity index (χ1n) is 6.56. The summed E-state index contributed by atoms with van der Waals surface area (Å²) < 4.78 is 4.90. The summed E-state index contributed by atoms with van der Waals surface area (Å²) in [6.07, 6.45) is 0.342. The number of benzene rings is 1. The van der Waals surface area contributed by atoms with Gasteiger partial charge in [-0.1, -0.05) is 29.3 Å². The number of nitrogens with one attached hydrogen (secondary N) is 1. The fraction of sp³-hybridized carbons (Fsp3) is 0.429. The molecular formula is C14H16Cl2N2O3. The van der Waals surface area contributed by atoms with E-state index in [-0.39, 0.29) is 11.9 Å². The number of esters is 1. The molecule has 1 fully saturated rings. The molecule has 1 atom stereocenters. The zero-order valence-electron chi connectivity index (χ0n) is 11.6. The molecule has 1 aromatic rings. The lowest BCUT2D eigenvalue weighted by Gasteiger charge is -2.28. The van der Waals surface area contributed by atoms with Crippen molar-refractivity contribution in [1.29, 1.82) is 0 Å². The van der Waals surface area contributed by atoms with Crippen molar-refractivity contribution in [3.8, 4) is 0 Å². The summed E-state index contributed by atoms with van der Waals surface area (Å²) >= 11 is 11.9. The van der Waals surface area contributed by atoms with Gasteiger partial charge in [-0.05, 0) is 17.7 Å². The number of nitrogens with zero attached hydrogens (tertiary/aromatic N) is 1. The SMILES string of the molecule is COC(=O)[C@H](c1ccc(Cl)c(Cl)c1)N1CCNC(=O)CC1. The van der Waals surface area contributed by atoms with E-state index in [1.165, 1.54) is 7.11 Å². The number of methoxy groups -OCH3 is 1. The predicted octanol–water partition coefficient (Wildman–Crippen LogP) is 2.03. The zero-order chi connectivity index (χ0) is 15.4. The van der Waals surface area contributed by atoms with Crippen molar-refractivity contribution in [2.45, 2.75) is 12.5 Å². The van der Waals surface area contributed by atoms with E-state index in [9.17, 15) is 9.59 Å². The van der Waals surface area contributed by atoms with Crippen LogP contribution in [0, 0.1) is 0 Å². The Hall–Kier alpha value is -1.30. The lowest BCUT2D eigenvalue weighted by molar-refractivity contribution is -0.147. The molecule has 1 saturated heterocycles. The molecule has 1 aromatic carbocycles. The highest BCUT2D eigenvalue weighted by molar-refractivity contribution is 6.42. The lowest BCUT2D eigenvalue weighted by atomic mass is 10.0. The van der Waals surface area contributed by atoms with E-state index >= 15 is 0 Å². The minimum absolute atomic E-state index is 0.0183. The summed E-state index contributed by atoms with van der Waals surface area (Å²) in [5.74, 6) is -0.405. The van der Waals surface area contributed by atoms with Crippen LogP contribution in [0.4, 0.5) is 0 Å². The summed E-state index contributed by atoms with van der Waals surface area (Å²) in [6.45, 7) is 1.53. The maximum Gasteiger partial charge on any atom is 0.327 e. The molecule has 1 aliphatic rings. The minimum Gasteiger partial charge on any atom is -0.468 e. The van der Waals surface area contributed by atoms with Crippen molar-refractivity contribution < 1.29 is 14.3 Å². The first kappa shape index (κ1) is 16.1. The summed E-state index contributed by atoms with van der Waals surface area (Å²) in [7, 11) is 1.34. The number of rotatable bonds is 3. The van der Waals surface area contributed by atoms with E-state index in [2.05, 4.69) is 5.32 Å². The molecule has 2 rings (SSSR count). The van der Waals surface area contributed by atoms with E-state index in [0.717, 1.165) is 0 Å². The van der Waals surface area contributed by atoms with Gasteiger partial charge in [0.15, 0.2) is 0 Å². The van der Waals surface area contributed by atoms with Crippen LogP contribution >= 0.6 is 23.2 Å². The molecule has 7 heteroatoms. The van der Waals surface area contributed by atoms with E-state index in [1.807, 2.05) is 4.90 Å². The second kappa shape index (κ2) is 7.11. The van der Waals surface area contributed by atoms with Gasteiger partial charge in [0.25, 0.3) is 0 Å². The van der Waals surface area contributed by atoms with Crippen LogP contribution in [0.1, 0.15) is 18.0 Å². The van der Waals surface area contributed by atoms with Crippen molar-refractivity contribution in [1.82, 2.24) is 10.2 Å². The van der Waals surface area contributed by atoms with Crippen LogP contribution in [0.25, 0.3) is 0 Å². The van der Waals surface area contributed by atoms with Gasteiger partial charge in [-0.3, -0.25) is 9.69 Å².